The molecule has 4 aromatic rings. The Morgan fingerprint density at radius 1 is 0.938 bits per heavy atom. The Kier molecular flexibility index (Phi) is 4.98. The maximum absolute atomic E-state index is 13.3. The monoisotopic (exact) mass is 424 g/mol. The Morgan fingerprint density at radius 2 is 1.66 bits per heavy atom. The summed E-state index contributed by atoms with van der Waals surface area (Å²) >= 11 is 0. The smallest absolute Gasteiger partial charge is 0.256 e. The highest BCUT2D eigenvalue weighted by atomic mass is 16.2. The number of hydrogen-bond acceptors (Lipinski definition) is 4. The third kappa shape index (κ3) is 3.43. The highest BCUT2D eigenvalue weighted by Crippen LogP contribution is 2.32. The van der Waals surface area contributed by atoms with Crippen LogP contribution in [0.1, 0.15) is 23.4 Å². The molecule has 32 heavy (non-hydrogen) atoms. The minimum atomic E-state index is -0.617. The number of hydrogen-bond donors (Lipinski definition) is 1. The molecule has 5 rings (SSSR count). The molecule has 1 fully saturated rings. The van der Waals surface area contributed by atoms with Gasteiger partial charge in [-0.25, -0.2) is 4.90 Å². The lowest BCUT2D eigenvalue weighted by atomic mass is 10.1. The molecule has 0 saturated carbocycles. The summed E-state index contributed by atoms with van der Waals surface area (Å²) in [6, 6.07) is 23.0. The summed E-state index contributed by atoms with van der Waals surface area (Å²) in [5.41, 5.74) is 4.35. The van der Waals surface area contributed by atoms with Gasteiger partial charge in [-0.2, -0.15) is 5.10 Å². The van der Waals surface area contributed by atoms with Crippen LogP contribution in [-0.4, -0.2) is 27.6 Å². The molecular weight excluding hydrogens is 400 g/mol. The number of anilines is 2. The molecule has 1 aliphatic heterocycles. The maximum Gasteiger partial charge on any atom is 0.256 e. The van der Waals surface area contributed by atoms with Gasteiger partial charge in [-0.15, -0.1) is 0 Å². The predicted octanol–water partition coefficient (Wildman–Crippen LogP) is 4.45. The average Bonchev–Trinajstić information content (AvgIpc) is 3.23. The zero-order valence-corrected chi connectivity index (χ0v) is 18.1. The molecule has 0 unspecified atom stereocenters. The van der Waals surface area contributed by atoms with Gasteiger partial charge >= 0.3 is 0 Å². The van der Waals surface area contributed by atoms with Crippen molar-refractivity contribution < 1.29 is 9.59 Å². The first-order chi connectivity index (χ1) is 15.5. The summed E-state index contributed by atoms with van der Waals surface area (Å²) in [4.78, 5) is 27.5. The molecule has 2 heterocycles. The van der Waals surface area contributed by atoms with Crippen LogP contribution in [0.15, 0.2) is 72.8 Å². The summed E-state index contributed by atoms with van der Waals surface area (Å²) in [5, 5.41) is 9.86. The minimum absolute atomic E-state index is 0.116. The number of amides is 2. The summed E-state index contributed by atoms with van der Waals surface area (Å²) < 4.78 is 1.93. The van der Waals surface area contributed by atoms with Crippen molar-refractivity contribution in [3.63, 3.8) is 0 Å². The lowest BCUT2D eigenvalue weighted by Crippen LogP contribution is -2.35. The van der Waals surface area contributed by atoms with E-state index < -0.39 is 6.04 Å². The number of aromatic nitrogens is 2. The van der Waals surface area contributed by atoms with E-state index in [-0.39, 0.29) is 18.2 Å². The molecule has 1 N–H and O–H groups in total. The lowest BCUT2D eigenvalue weighted by Gasteiger charge is -2.18. The van der Waals surface area contributed by atoms with Crippen molar-refractivity contribution in [2.24, 2.45) is 0 Å². The Hall–Kier alpha value is -3.93. The van der Waals surface area contributed by atoms with E-state index in [1.165, 1.54) is 4.90 Å². The number of rotatable bonds is 5. The number of carbonyl (C=O) groups excluding carboxylic acids is 2. The van der Waals surface area contributed by atoms with E-state index in [4.69, 9.17) is 0 Å². The summed E-state index contributed by atoms with van der Waals surface area (Å²) in [6.45, 7) is 4.55. The standard InChI is InChI=1S/C26H24N4O2/c1-17-25(18(2)29(28-17)16-19-9-4-3-5-10-19)27-22-15-24(31)30(26(22)32)23-14-8-12-20-11-6-7-13-21(20)23/h3-14,22,27H,15-16H2,1-2H3/t22-/m0/s1. The molecule has 2 amide bonds. The number of carbonyl (C=O) groups is 2. The Balaban J connectivity index is 1.41. The Bertz CT molecular complexity index is 1320. The minimum Gasteiger partial charge on any atom is -0.370 e. The third-order valence-electron chi connectivity index (χ3n) is 6.03. The number of fused-ring (bicyclic) bond motifs is 1. The molecule has 3 aromatic carbocycles. The second-order valence-electron chi connectivity index (χ2n) is 8.16. The molecule has 0 aliphatic carbocycles. The van der Waals surface area contributed by atoms with Crippen LogP contribution < -0.4 is 10.2 Å². The molecule has 6 nitrogen and oxygen atoms in total. The van der Waals surface area contributed by atoms with Gasteiger partial charge in [0, 0.05) is 5.39 Å². The molecule has 160 valence electrons. The van der Waals surface area contributed by atoms with Crippen LogP contribution in [0.5, 0.6) is 0 Å². The Morgan fingerprint density at radius 3 is 2.47 bits per heavy atom. The second-order valence-corrected chi connectivity index (χ2v) is 8.16. The van der Waals surface area contributed by atoms with E-state index in [0.717, 1.165) is 33.4 Å². The number of nitrogens with zero attached hydrogens (tertiary/aromatic N) is 3. The van der Waals surface area contributed by atoms with Gasteiger partial charge in [0.25, 0.3) is 5.91 Å². The van der Waals surface area contributed by atoms with Crippen molar-refractivity contribution in [3.05, 3.63) is 89.7 Å². The number of benzene rings is 3. The topological polar surface area (TPSA) is 67.2 Å². The number of imide groups is 1. The highest BCUT2D eigenvalue weighted by Gasteiger charge is 2.40. The molecule has 1 atom stereocenters. The van der Waals surface area contributed by atoms with Crippen LogP contribution in [-0.2, 0) is 16.1 Å². The van der Waals surface area contributed by atoms with E-state index in [2.05, 4.69) is 22.5 Å². The van der Waals surface area contributed by atoms with Crippen molar-refractivity contribution in [2.75, 3.05) is 10.2 Å². The van der Waals surface area contributed by atoms with E-state index in [0.29, 0.717) is 12.2 Å². The zero-order valence-electron chi connectivity index (χ0n) is 18.1. The van der Waals surface area contributed by atoms with E-state index in [9.17, 15) is 9.59 Å². The fourth-order valence-corrected chi connectivity index (χ4v) is 4.39. The average molecular weight is 425 g/mol. The highest BCUT2D eigenvalue weighted by molar-refractivity contribution is 6.25. The van der Waals surface area contributed by atoms with Crippen LogP contribution in [0, 0.1) is 13.8 Å². The van der Waals surface area contributed by atoms with Crippen LogP contribution in [0.25, 0.3) is 10.8 Å². The fourth-order valence-electron chi connectivity index (χ4n) is 4.39. The molecule has 0 spiro atoms. The third-order valence-corrected chi connectivity index (χ3v) is 6.03. The van der Waals surface area contributed by atoms with Gasteiger partial charge in [-0.1, -0.05) is 66.7 Å². The van der Waals surface area contributed by atoms with Crippen molar-refractivity contribution >= 4 is 34.0 Å². The van der Waals surface area contributed by atoms with Gasteiger partial charge in [0.1, 0.15) is 6.04 Å². The van der Waals surface area contributed by atoms with Crippen molar-refractivity contribution in [1.29, 1.82) is 0 Å². The predicted molar refractivity (Wildman–Crippen MR) is 126 cm³/mol. The summed E-state index contributed by atoms with van der Waals surface area (Å²) in [5.74, 6) is -0.434. The summed E-state index contributed by atoms with van der Waals surface area (Å²) in [7, 11) is 0. The number of nitrogens with one attached hydrogen (secondary N) is 1. The molecule has 0 bridgehead atoms. The lowest BCUT2D eigenvalue weighted by molar-refractivity contribution is -0.121. The first-order valence-electron chi connectivity index (χ1n) is 10.7. The Labute approximate surface area is 186 Å². The first-order valence-corrected chi connectivity index (χ1v) is 10.7. The molecule has 6 heteroatoms. The van der Waals surface area contributed by atoms with Crippen molar-refractivity contribution in [1.82, 2.24) is 9.78 Å². The van der Waals surface area contributed by atoms with E-state index in [1.54, 1.807) is 0 Å². The van der Waals surface area contributed by atoms with Crippen molar-refractivity contribution in [2.45, 2.75) is 32.9 Å². The van der Waals surface area contributed by atoms with Gasteiger partial charge < -0.3 is 5.32 Å². The van der Waals surface area contributed by atoms with Crippen molar-refractivity contribution in [3.8, 4) is 0 Å². The van der Waals surface area contributed by atoms with E-state index >= 15 is 0 Å². The van der Waals surface area contributed by atoms with Gasteiger partial charge in [-0.05, 0) is 30.9 Å². The first kappa shape index (κ1) is 20.0. The molecule has 1 aromatic heterocycles. The molecule has 1 aliphatic rings. The van der Waals surface area contributed by atoms with Crippen LogP contribution >= 0.6 is 0 Å². The van der Waals surface area contributed by atoms with E-state index in [1.807, 2.05) is 79.2 Å². The molecule has 1 saturated heterocycles. The normalized spacial score (nSPS) is 16.2. The van der Waals surface area contributed by atoms with Crippen LogP contribution in [0.2, 0.25) is 0 Å². The fraction of sp³-hybridized carbons (Fsp3) is 0.192. The quantitative estimate of drug-likeness (QED) is 0.481. The van der Waals surface area contributed by atoms with Gasteiger partial charge in [-0.3, -0.25) is 14.3 Å². The number of aryl methyl sites for hydroxylation is 1. The second kappa shape index (κ2) is 7.96. The van der Waals surface area contributed by atoms with Gasteiger partial charge in [0.15, 0.2) is 0 Å². The zero-order chi connectivity index (χ0) is 22.2. The van der Waals surface area contributed by atoms with Gasteiger partial charge in [0.2, 0.25) is 5.91 Å². The largest absolute Gasteiger partial charge is 0.370 e. The van der Waals surface area contributed by atoms with Crippen LogP contribution in [0.3, 0.4) is 0 Å². The SMILES string of the molecule is Cc1nn(Cc2ccccc2)c(C)c1N[C@H]1CC(=O)N(c2cccc3ccccc23)C1=O. The van der Waals surface area contributed by atoms with Crippen LogP contribution in [0.4, 0.5) is 11.4 Å². The maximum atomic E-state index is 13.3. The molecule has 0 radical (unpaired) electrons. The summed E-state index contributed by atoms with van der Waals surface area (Å²) in [6.07, 6.45) is 0.116. The van der Waals surface area contributed by atoms with Gasteiger partial charge in [0.05, 0.1) is 35.7 Å². The molecular formula is C26H24N4O2.